The Bertz CT molecular complexity index is 495. The van der Waals surface area contributed by atoms with E-state index in [1.54, 1.807) is 6.92 Å². The highest BCUT2D eigenvalue weighted by Gasteiger charge is 2.33. The summed E-state index contributed by atoms with van der Waals surface area (Å²) < 4.78 is 26.2. The van der Waals surface area contributed by atoms with Crippen molar-refractivity contribution in [2.75, 3.05) is 0 Å². The van der Waals surface area contributed by atoms with Crippen molar-refractivity contribution in [3.8, 4) is 0 Å². The Morgan fingerprint density at radius 1 is 1.76 bits per heavy atom. The molecule has 1 rings (SSSR count). The summed E-state index contributed by atoms with van der Waals surface area (Å²) in [6, 6.07) is 1.31. The predicted octanol–water partition coefficient (Wildman–Crippen LogP) is -0.397. The molecule has 1 atom stereocenters. The second-order valence-corrected chi connectivity index (χ2v) is 5.35. The lowest BCUT2D eigenvalue weighted by Crippen LogP contribution is -2.54. The predicted molar refractivity (Wildman–Crippen MR) is 61.0 cm³/mol. The van der Waals surface area contributed by atoms with Gasteiger partial charge in [-0.05, 0) is 19.4 Å². The lowest BCUT2D eigenvalue weighted by Gasteiger charge is -2.27. The number of H-pyrrole nitrogens is 1. The second-order valence-electron chi connectivity index (χ2n) is 3.70. The molecule has 1 unspecified atom stereocenters. The molecule has 0 saturated heterocycles. The average molecular weight is 261 g/mol. The first-order valence-corrected chi connectivity index (χ1v) is 6.35. The summed E-state index contributed by atoms with van der Waals surface area (Å²) in [7, 11) is -3.78. The van der Waals surface area contributed by atoms with Crippen molar-refractivity contribution in [2.45, 2.75) is 30.8 Å². The van der Waals surface area contributed by atoms with Gasteiger partial charge in [0.1, 0.15) is 0 Å². The lowest BCUT2D eigenvalue weighted by molar-refractivity contribution is 0.310. The van der Waals surface area contributed by atoms with Crippen molar-refractivity contribution >= 4 is 15.9 Å². The fourth-order valence-corrected chi connectivity index (χ4v) is 2.53. The maximum absolute atomic E-state index is 11.9. The average Bonchev–Trinajstić information content (AvgIpc) is 2.81. The first-order valence-electron chi connectivity index (χ1n) is 4.87. The van der Waals surface area contributed by atoms with E-state index in [0.29, 0.717) is 6.42 Å². The first kappa shape index (κ1) is 13.5. The van der Waals surface area contributed by atoms with Crippen LogP contribution in [0, 0.1) is 0 Å². The van der Waals surface area contributed by atoms with Crippen LogP contribution in [0.4, 0.5) is 0 Å². The Morgan fingerprint density at radius 3 is 2.82 bits per heavy atom. The third-order valence-corrected chi connectivity index (χ3v) is 4.03. The number of sulfonamides is 1. The summed E-state index contributed by atoms with van der Waals surface area (Å²) in [5.41, 5.74) is 4.32. The van der Waals surface area contributed by atoms with Gasteiger partial charge in [0.15, 0.2) is 10.9 Å². The SMILES string of the molecule is CCC(C)(NS(=O)(=O)c1ccn[nH]1)C(N)=NO. The molecule has 0 amide bonds. The van der Waals surface area contributed by atoms with Crippen LogP contribution in [-0.4, -0.2) is 35.2 Å². The number of aromatic amines is 1. The Kier molecular flexibility index (Phi) is 3.73. The number of nitrogens with one attached hydrogen (secondary N) is 2. The summed E-state index contributed by atoms with van der Waals surface area (Å²) >= 11 is 0. The molecule has 5 N–H and O–H groups in total. The summed E-state index contributed by atoms with van der Waals surface area (Å²) in [4.78, 5) is 0. The first-order chi connectivity index (χ1) is 7.85. The maximum Gasteiger partial charge on any atom is 0.258 e. The van der Waals surface area contributed by atoms with Crippen LogP contribution in [0.2, 0.25) is 0 Å². The van der Waals surface area contributed by atoms with Crippen molar-refractivity contribution in [3.05, 3.63) is 12.3 Å². The second kappa shape index (κ2) is 4.72. The molecule has 0 aliphatic rings. The molecule has 0 fully saturated rings. The molecule has 8 nitrogen and oxygen atoms in total. The summed E-state index contributed by atoms with van der Waals surface area (Å²) in [5.74, 6) is -0.205. The zero-order valence-corrected chi connectivity index (χ0v) is 10.3. The van der Waals surface area contributed by atoms with Gasteiger partial charge in [-0.15, -0.1) is 0 Å². The molecule has 0 radical (unpaired) electrons. The van der Waals surface area contributed by atoms with E-state index in [1.165, 1.54) is 19.2 Å². The fraction of sp³-hybridized carbons (Fsp3) is 0.500. The Hall–Kier alpha value is -1.61. The molecule has 0 aliphatic heterocycles. The van der Waals surface area contributed by atoms with E-state index in [9.17, 15) is 8.42 Å². The van der Waals surface area contributed by atoms with E-state index >= 15 is 0 Å². The number of hydrogen-bond donors (Lipinski definition) is 4. The number of rotatable bonds is 5. The van der Waals surface area contributed by atoms with Gasteiger partial charge < -0.3 is 10.9 Å². The molecular formula is C8H15N5O3S. The topological polar surface area (TPSA) is 133 Å². The minimum Gasteiger partial charge on any atom is -0.409 e. The van der Waals surface area contributed by atoms with Crippen LogP contribution in [0.15, 0.2) is 22.4 Å². The highest BCUT2D eigenvalue weighted by Crippen LogP contribution is 2.14. The minimum absolute atomic E-state index is 0.0806. The molecule has 1 heterocycles. The molecule has 1 aromatic rings. The quantitative estimate of drug-likeness (QED) is 0.248. The van der Waals surface area contributed by atoms with E-state index in [4.69, 9.17) is 10.9 Å². The van der Waals surface area contributed by atoms with E-state index in [2.05, 4.69) is 20.1 Å². The van der Waals surface area contributed by atoms with Crippen molar-refractivity contribution in [2.24, 2.45) is 10.9 Å². The molecule has 17 heavy (non-hydrogen) atoms. The molecule has 0 aromatic carbocycles. The zero-order chi connectivity index (χ0) is 13.1. The summed E-state index contributed by atoms with van der Waals surface area (Å²) in [6.07, 6.45) is 1.65. The van der Waals surface area contributed by atoms with Gasteiger partial charge in [-0.25, -0.2) is 8.42 Å². The van der Waals surface area contributed by atoms with Gasteiger partial charge in [-0.2, -0.15) is 9.82 Å². The zero-order valence-electron chi connectivity index (χ0n) is 9.51. The van der Waals surface area contributed by atoms with Crippen LogP contribution in [0.3, 0.4) is 0 Å². The highest BCUT2D eigenvalue weighted by molar-refractivity contribution is 7.89. The van der Waals surface area contributed by atoms with Gasteiger partial charge in [-0.1, -0.05) is 12.1 Å². The normalized spacial score (nSPS) is 16.7. The third kappa shape index (κ3) is 2.74. The van der Waals surface area contributed by atoms with E-state index in [1.807, 2.05) is 0 Å². The number of nitrogens with two attached hydrogens (primary N) is 1. The number of amidine groups is 1. The van der Waals surface area contributed by atoms with Gasteiger partial charge in [0.2, 0.25) is 0 Å². The van der Waals surface area contributed by atoms with Crippen LogP contribution < -0.4 is 10.5 Å². The standard InChI is InChI=1S/C8H15N5O3S/c1-3-8(2,7(9)12-14)13-17(15,16)6-4-5-10-11-6/h4-5,13-14H,3H2,1-2H3,(H2,9,12)(H,10,11). The van der Waals surface area contributed by atoms with Crippen molar-refractivity contribution in [1.29, 1.82) is 0 Å². The van der Waals surface area contributed by atoms with Gasteiger partial charge >= 0.3 is 0 Å². The van der Waals surface area contributed by atoms with Gasteiger partial charge in [0.25, 0.3) is 10.0 Å². The van der Waals surface area contributed by atoms with Crippen LogP contribution in [0.1, 0.15) is 20.3 Å². The number of aromatic nitrogens is 2. The lowest BCUT2D eigenvalue weighted by atomic mass is 10.00. The fourth-order valence-electron chi connectivity index (χ4n) is 1.16. The minimum atomic E-state index is -3.78. The highest BCUT2D eigenvalue weighted by atomic mass is 32.2. The molecule has 1 aromatic heterocycles. The molecule has 9 heteroatoms. The summed E-state index contributed by atoms with van der Waals surface area (Å²) in [5, 5.41) is 17.3. The number of oxime groups is 1. The number of nitrogens with zero attached hydrogens (tertiary/aromatic N) is 2. The molecule has 0 bridgehead atoms. The van der Waals surface area contributed by atoms with E-state index in [-0.39, 0.29) is 10.9 Å². The summed E-state index contributed by atoms with van der Waals surface area (Å²) in [6.45, 7) is 3.24. The molecular weight excluding hydrogens is 246 g/mol. The monoisotopic (exact) mass is 261 g/mol. The van der Waals surface area contributed by atoms with Gasteiger partial charge in [0.05, 0.1) is 11.7 Å². The Labute approximate surface area is 98.9 Å². The van der Waals surface area contributed by atoms with E-state index in [0.717, 1.165) is 0 Å². The van der Waals surface area contributed by atoms with Crippen LogP contribution in [-0.2, 0) is 10.0 Å². The van der Waals surface area contributed by atoms with Gasteiger partial charge in [0, 0.05) is 0 Å². The van der Waals surface area contributed by atoms with Crippen molar-refractivity contribution in [3.63, 3.8) is 0 Å². The molecule has 0 spiro atoms. The Morgan fingerprint density at radius 2 is 2.41 bits per heavy atom. The van der Waals surface area contributed by atoms with E-state index < -0.39 is 15.6 Å². The van der Waals surface area contributed by atoms with Crippen LogP contribution in [0.25, 0.3) is 0 Å². The van der Waals surface area contributed by atoms with Crippen LogP contribution in [0.5, 0.6) is 0 Å². The smallest absolute Gasteiger partial charge is 0.258 e. The van der Waals surface area contributed by atoms with Crippen molar-refractivity contribution in [1.82, 2.24) is 14.9 Å². The molecule has 0 saturated carbocycles. The largest absolute Gasteiger partial charge is 0.409 e. The molecule has 0 aliphatic carbocycles. The maximum atomic E-state index is 11.9. The number of hydrogen-bond acceptors (Lipinski definition) is 5. The van der Waals surface area contributed by atoms with Crippen LogP contribution >= 0.6 is 0 Å². The molecule has 96 valence electrons. The Balaban J connectivity index is 3.05. The third-order valence-electron chi connectivity index (χ3n) is 2.50. The van der Waals surface area contributed by atoms with Crippen molar-refractivity contribution < 1.29 is 13.6 Å². The van der Waals surface area contributed by atoms with Gasteiger partial charge in [-0.3, -0.25) is 5.10 Å².